The Kier molecular flexibility index (Phi) is 6.81. The van der Waals surface area contributed by atoms with Crippen LogP contribution in [-0.4, -0.2) is 17.9 Å². The Bertz CT molecular complexity index is 785. The third-order valence-corrected chi connectivity index (χ3v) is 4.55. The minimum Gasteiger partial charge on any atom is -0.340 e. The topological polar surface area (TPSA) is 58.2 Å². The lowest BCUT2D eigenvalue weighted by molar-refractivity contribution is -0.118. The molecule has 0 fully saturated rings. The maximum absolute atomic E-state index is 12.8. The second kappa shape index (κ2) is 8.86. The second-order valence-electron chi connectivity index (χ2n) is 6.90. The van der Waals surface area contributed by atoms with E-state index >= 15 is 0 Å². The summed E-state index contributed by atoms with van der Waals surface area (Å²) < 4.78 is 0. The van der Waals surface area contributed by atoms with Crippen molar-refractivity contribution in [2.45, 2.75) is 40.2 Å². The molecule has 0 spiro atoms. The van der Waals surface area contributed by atoms with E-state index in [1.54, 1.807) is 24.3 Å². The Morgan fingerprint density at radius 2 is 1.69 bits per heavy atom. The lowest BCUT2D eigenvalue weighted by Crippen LogP contribution is -2.44. The van der Waals surface area contributed by atoms with Crippen molar-refractivity contribution in [3.05, 3.63) is 64.2 Å². The average molecular weight is 373 g/mol. The zero-order chi connectivity index (χ0) is 19.3. The van der Waals surface area contributed by atoms with Crippen LogP contribution in [-0.2, 0) is 4.79 Å². The zero-order valence-corrected chi connectivity index (χ0v) is 16.4. The van der Waals surface area contributed by atoms with Gasteiger partial charge >= 0.3 is 0 Å². The first-order valence-electron chi connectivity index (χ1n) is 8.71. The number of hydrogen-bond acceptors (Lipinski definition) is 2. The van der Waals surface area contributed by atoms with Gasteiger partial charge in [-0.1, -0.05) is 37.6 Å². The highest BCUT2D eigenvalue weighted by atomic mass is 35.5. The van der Waals surface area contributed by atoms with E-state index in [2.05, 4.69) is 10.6 Å². The lowest BCUT2D eigenvalue weighted by atomic mass is 10.0. The highest BCUT2D eigenvalue weighted by Crippen LogP contribution is 2.19. The molecule has 2 amide bonds. The van der Waals surface area contributed by atoms with Crippen molar-refractivity contribution in [3.63, 3.8) is 0 Å². The summed E-state index contributed by atoms with van der Waals surface area (Å²) in [7, 11) is 0. The molecule has 0 aromatic heterocycles. The highest BCUT2D eigenvalue weighted by Gasteiger charge is 2.23. The van der Waals surface area contributed by atoms with Crippen molar-refractivity contribution >= 4 is 29.1 Å². The van der Waals surface area contributed by atoms with Crippen LogP contribution < -0.4 is 10.6 Å². The van der Waals surface area contributed by atoms with E-state index in [0.717, 1.165) is 16.8 Å². The molecule has 138 valence electrons. The largest absolute Gasteiger partial charge is 0.340 e. The van der Waals surface area contributed by atoms with Crippen molar-refractivity contribution in [1.82, 2.24) is 5.32 Å². The number of carbonyl (C=O) groups is 2. The van der Waals surface area contributed by atoms with E-state index in [1.165, 1.54) is 0 Å². The molecule has 2 aromatic rings. The summed E-state index contributed by atoms with van der Waals surface area (Å²) in [5, 5.41) is 6.35. The van der Waals surface area contributed by atoms with Gasteiger partial charge in [0.25, 0.3) is 5.91 Å². The van der Waals surface area contributed by atoms with Gasteiger partial charge in [-0.15, -0.1) is 0 Å². The summed E-state index contributed by atoms with van der Waals surface area (Å²) in [6, 6.07) is 11.8. The first-order chi connectivity index (χ1) is 12.3. The summed E-state index contributed by atoms with van der Waals surface area (Å²) in [5.41, 5.74) is 3.37. The molecular weight excluding hydrogens is 348 g/mol. The molecule has 0 saturated heterocycles. The van der Waals surface area contributed by atoms with Gasteiger partial charge in [-0.3, -0.25) is 9.59 Å². The molecule has 2 aromatic carbocycles. The fraction of sp³-hybridized carbons (Fsp3) is 0.333. The minimum absolute atomic E-state index is 0.213. The quantitative estimate of drug-likeness (QED) is 0.769. The molecule has 1 atom stereocenters. The number of amides is 2. The van der Waals surface area contributed by atoms with Gasteiger partial charge in [0.1, 0.15) is 6.04 Å². The average Bonchev–Trinajstić information content (AvgIpc) is 2.58. The minimum atomic E-state index is -0.613. The van der Waals surface area contributed by atoms with Gasteiger partial charge in [0.05, 0.1) is 0 Å². The van der Waals surface area contributed by atoms with Crippen molar-refractivity contribution in [2.75, 3.05) is 5.32 Å². The Morgan fingerprint density at radius 3 is 2.31 bits per heavy atom. The number of carbonyl (C=O) groups excluding carboxylic acids is 2. The summed E-state index contributed by atoms with van der Waals surface area (Å²) in [6.07, 6.45) is 0.552. The Balaban J connectivity index is 2.15. The molecule has 0 aliphatic heterocycles. The fourth-order valence-corrected chi connectivity index (χ4v) is 2.78. The monoisotopic (exact) mass is 372 g/mol. The van der Waals surface area contributed by atoms with Crippen LogP contribution in [0.5, 0.6) is 0 Å². The number of anilines is 1. The van der Waals surface area contributed by atoms with Crippen LogP contribution in [0.15, 0.2) is 42.5 Å². The SMILES string of the molecule is Cc1cccc(NC(=O)[C@H](CC(C)C)NC(=O)c2ccc(Cl)cc2)c1C. The van der Waals surface area contributed by atoms with Gasteiger partial charge in [-0.25, -0.2) is 0 Å². The predicted molar refractivity (Wildman–Crippen MR) is 107 cm³/mol. The molecule has 0 aliphatic rings. The van der Waals surface area contributed by atoms with Gasteiger partial charge < -0.3 is 10.6 Å². The van der Waals surface area contributed by atoms with E-state index in [9.17, 15) is 9.59 Å². The molecule has 4 nitrogen and oxygen atoms in total. The van der Waals surface area contributed by atoms with Crippen LogP contribution in [0.2, 0.25) is 5.02 Å². The molecule has 2 N–H and O–H groups in total. The summed E-state index contributed by atoms with van der Waals surface area (Å²) >= 11 is 5.86. The lowest BCUT2D eigenvalue weighted by Gasteiger charge is -2.21. The summed E-state index contributed by atoms with van der Waals surface area (Å²) in [6.45, 7) is 8.01. The number of benzene rings is 2. The van der Waals surface area contributed by atoms with E-state index in [-0.39, 0.29) is 17.7 Å². The standard InChI is InChI=1S/C21H25ClN2O2/c1-13(2)12-19(24-20(25)16-8-10-17(22)11-9-16)21(26)23-18-7-5-6-14(3)15(18)4/h5-11,13,19H,12H2,1-4H3,(H,23,26)(H,24,25)/t19-/m0/s1. The van der Waals surface area contributed by atoms with Crippen LogP contribution in [0.1, 0.15) is 41.8 Å². The number of halogens is 1. The molecule has 5 heteroatoms. The van der Waals surface area contributed by atoms with Crippen molar-refractivity contribution < 1.29 is 9.59 Å². The molecular formula is C21H25ClN2O2. The Morgan fingerprint density at radius 1 is 1.04 bits per heavy atom. The molecule has 26 heavy (non-hydrogen) atoms. The number of nitrogens with one attached hydrogen (secondary N) is 2. The molecule has 2 rings (SSSR count). The third kappa shape index (κ3) is 5.33. The van der Waals surface area contributed by atoms with Crippen LogP contribution in [0, 0.1) is 19.8 Å². The number of rotatable bonds is 6. The molecule has 0 aliphatic carbocycles. The van der Waals surface area contributed by atoms with E-state index < -0.39 is 6.04 Å². The van der Waals surface area contributed by atoms with Crippen molar-refractivity contribution in [3.8, 4) is 0 Å². The van der Waals surface area contributed by atoms with Gasteiger partial charge in [0, 0.05) is 16.3 Å². The Hall–Kier alpha value is -2.33. The normalized spacial score (nSPS) is 11.9. The van der Waals surface area contributed by atoms with Gasteiger partial charge in [-0.2, -0.15) is 0 Å². The molecule has 0 radical (unpaired) electrons. The van der Waals surface area contributed by atoms with E-state index in [4.69, 9.17) is 11.6 Å². The maximum Gasteiger partial charge on any atom is 0.251 e. The Labute approximate surface area is 159 Å². The fourth-order valence-electron chi connectivity index (χ4n) is 2.65. The molecule has 0 heterocycles. The van der Waals surface area contributed by atoms with E-state index in [1.807, 2.05) is 45.9 Å². The van der Waals surface area contributed by atoms with Crippen molar-refractivity contribution in [2.24, 2.45) is 5.92 Å². The smallest absolute Gasteiger partial charge is 0.251 e. The maximum atomic E-state index is 12.8. The molecule has 0 unspecified atom stereocenters. The van der Waals surface area contributed by atoms with Crippen LogP contribution in [0.4, 0.5) is 5.69 Å². The predicted octanol–water partition coefficient (Wildman–Crippen LogP) is 4.74. The zero-order valence-electron chi connectivity index (χ0n) is 15.6. The van der Waals surface area contributed by atoms with Gasteiger partial charge in [-0.05, 0) is 67.6 Å². The molecule has 0 saturated carbocycles. The second-order valence-corrected chi connectivity index (χ2v) is 7.34. The number of aryl methyl sites for hydroxylation is 1. The first kappa shape index (κ1) is 20.0. The summed E-state index contributed by atoms with van der Waals surface area (Å²) in [4.78, 5) is 25.3. The van der Waals surface area contributed by atoms with Gasteiger partial charge in [0.2, 0.25) is 5.91 Å². The third-order valence-electron chi connectivity index (χ3n) is 4.30. The van der Waals surface area contributed by atoms with E-state index in [0.29, 0.717) is 17.0 Å². The highest BCUT2D eigenvalue weighted by molar-refractivity contribution is 6.30. The van der Waals surface area contributed by atoms with Crippen molar-refractivity contribution in [1.29, 1.82) is 0 Å². The van der Waals surface area contributed by atoms with Gasteiger partial charge in [0.15, 0.2) is 0 Å². The summed E-state index contributed by atoms with van der Waals surface area (Å²) in [5.74, 6) is -0.243. The van der Waals surface area contributed by atoms with Crippen LogP contribution in [0.25, 0.3) is 0 Å². The van der Waals surface area contributed by atoms with Crippen LogP contribution in [0.3, 0.4) is 0 Å². The molecule has 0 bridgehead atoms. The van der Waals surface area contributed by atoms with Crippen LogP contribution >= 0.6 is 11.6 Å². The number of hydrogen-bond donors (Lipinski definition) is 2. The first-order valence-corrected chi connectivity index (χ1v) is 9.09.